The molecule has 3 aromatic rings. The van der Waals surface area contributed by atoms with E-state index in [1.165, 1.54) is 4.68 Å². The lowest BCUT2D eigenvalue weighted by Gasteiger charge is -2.35. The Morgan fingerprint density at radius 2 is 1.71 bits per heavy atom. The lowest BCUT2D eigenvalue weighted by Crippen LogP contribution is -2.33. The van der Waals surface area contributed by atoms with E-state index in [1.54, 1.807) is 0 Å². The summed E-state index contributed by atoms with van der Waals surface area (Å²) in [7, 11) is 0. The second-order valence-electron chi connectivity index (χ2n) is 7.97. The molecule has 2 aliphatic rings. The normalized spacial score (nSPS) is 20.8. The van der Waals surface area contributed by atoms with Gasteiger partial charge in [0.15, 0.2) is 5.78 Å². The Morgan fingerprint density at radius 1 is 1.00 bits per heavy atom. The molecule has 158 valence electrons. The quantitative estimate of drug-likeness (QED) is 0.628. The standard InChI is InChI=1S/C23H19F3N4O/c1-13-7-9-15(10-8-13)20-19-17(27-22-28-21(23(24,25)26)29-30(20)22)11-16(12-18(19)31)14-5-3-2-4-6-14/h2-10,16,20H,11-12H2,1H3,(H,27,28,29)/t16-,20+/m0/s1. The van der Waals surface area contributed by atoms with Gasteiger partial charge in [-0.2, -0.15) is 18.2 Å². The second kappa shape index (κ2) is 7.08. The zero-order chi connectivity index (χ0) is 21.8. The van der Waals surface area contributed by atoms with Gasteiger partial charge in [0.2, 0.25) is 5.95 Å². The number of benzene rings is 2. The van der Waals surface area contributed by atoms with E-state index < -0.39 is 18.0 Å². The van der Waals surface area contributed by atoms with Crippen molar-refractivity contribution in [2.24, 2.45) is 0 Å². The first-order chi connectivity index (χ1) is 14.8. The fourth-order valence-corrected chi connectivity index (χ4v) is 4.35. The minimum Gasteiger partial charge on any atom is -0.328 e. The number of carbonyl (C=O) groups is 1. The van der Waals surface area contributed by atoms with Gasteiger partial charge in [-0.3, -0.25) is 4.79 Å². The molecule has 1 aromatic heterocycles. The molecule has 0 saturated heterocycles. The Kier molecular flexibility index (Phi) is 4.46. The van der Waals surface area contributed by atoms with Crippen molar-refractivity contribution < 1.29 is 18.0 Å². The van der Waals surface area contributed by atoms with Crippen molar-refractivity contribution >= 4 is 11.7 Å². The molecule has 1 N–H and O–H groups in total. The largest absolute Gasteiger partial charge is 0.453 e. The molecule has 0 spiro atoms. The van der Waals surface area contributed by atoms with Crippen molar-refractivity contribution in [3.05, 3.63) is 88.4 Å². The monoisotopic (exact) mass is 424 g/mol. The van der Waals surface area contributed by atoms with Crippen molar-refractivity contribution in [2.45, 2.75) is 37.9 Å². The minimum absolute atomic E-state index is 0.00170. The number of hydrogen-bond acceptors (Lipinski definition) is 4. The molecule has 2 aromatic carbocycles. The van der Waals surface area contributed by atoms with Crippen LogP contribution < -0.4 is 5.32 Å². The van der Waals surface area contributed by atoms with Crippen LogP contribution in [0.2, 0.25) is 0 Å². The van der Waals surface area contributed by atoms with Crippen LogP contribution in [0.4, 0.5) is 19.1 Å². The zero-order valence-electron chi connectivity index (χ0n) is 16.6. The van der Waals surface area contributed by atoms with Gasteiger partial charge in [0.1, 0.15) is 6.04 Å². The third-order valence-corrected chi connectivity index (χ3v) is 5.84. The molecule has 5 rings (SSSR count). The van der Waals surface area contributed by atoms with Gasteiger partial charge in [-0.1, -0.05) is 60.2 Å². The number of nitrogens with one attached hydrogen (secondary N) is 1. The summed E-state index contributed by atoms with van der Waals surface area (Å²) in [6, 6.07) is 16.3. The van der Waals surface area contributed by atoms with Crippen LogP contribution in [-0.4, -0.2) is 20.5 Å². The maximum Gasteiger partial charge on any atom is 0.453 e. The van der Waals surface area contributed by atoms with E-state index in [4.69, 9.17) is 0 Å². The first-order valence-corrected chi connectivity index (χ1v) is 10.00. The number of fused-ring (bicyclic) bond motifs is 1. The number of carbonyl (C=O) groups excluding carboxylic acids is 1. The summed E-state index contributed by atoms with van der Waals surface area (Å²) >= 11 is 0. The average molecular weight is 424 g/mol. The highest BCUT2D eigenvalue weighted by atomic mass is 19.4. The summed E-state index contributed by atoms with van der Waals surface area (Å²) in [6.07, 6.45) is -3.87. The van der Waals surface area contributed by atoms with E-state index in [2.05, 4.69) is 15.4 Å². The lowest BCUT2D eigenvalue weighted by molar-refractivity contribution is -0.145. The fourth-order valence-electron chi connectivity index (χ4n) is 4.35. The van der Waals surface area contributed by atoms with Crippen molar-refractivity contribution in [3.63, 3.8) is 0 Å². The van der Waals surface area contributed by atoms with Gasteiger partial charge in [0.05, 0.1) is 0 Å². The molecule has 2 atom stereocenters. The molecule has 0 saturated carbocycles. The van der Waals surface area contributed by atoms with Crippen LogP contribution in [0.5, 0.6) is 0 Å². The van der Waals surface area contributed by atoms with E-state index in [-0.39, 0.29) is 17.6 Å². The summed E-state index contributed by atoms with van der Waals surface area (Å²) in [6.45, 7) is 1.93. The Morgan fingerprint density at radius 3 is 2.39 bits per heavy atom. The van der Waals surface area contributed by atoms with Gasteiger partial charge in [-0.15, -0.1) is 5.10 Å². The van der Waals surface area contributed by atoms with Crippen LogP contribution >= 0.6 is 0 Å². The van der Waals surface area contributed by atoms with Crippen LogP contribution in [0.1, 0.15) is 47.3 Å². The fraction of sp³-hybridized carbons (Fsp3) is 0.261. The summed E-state index contributed by atoms with van der Waals surface area (Å²) in [5, 5.41) is 6.72. The molecule has 5 nitrogen and oxygen atoms in total. The predicted octanol–water partition coefficient (Wildman–Crippen LogP) is 5.02. The highest BCUT2D eigenvalue weighted by molar-refractivity contribution is 6.00. The topological polar surface area (TPSA) is 59.8 Å². The smallest absolute Gasteiger partial charge is 0.328 e. The summed E-state index contributed by atoms with van der Waals surface area (Å²) in [5.41, 5.74) is 3.82. The number of Topliss-reactive ketones (excluding diaryl/α,β-unsaturated/α-hetero) is 1. The molecule has 8 heteroatoms. The van der Waals surface area contributed by atoms with E-state index >= 15 is 0 Å². The van der Waals surface area contributed by atoms with E-state index in [9.17, 15) is 18.0 Å². The molecule has 2 heterocycles. The van der Waals surface area contributed by atoms with Crippen LogP contribution in [0.3, 0.4) is 0 Å². The number of aromatic nitrogens is 3. The molecule has 0 fully saturated rings. The minimum atomic E-state index is -4.68. The van der Waals surface area contributed by atoms with E-state index in [1.807, 2.05) is 61.5 Å². The predicted molar refractivity (Wildman–Crippen MR) is 108 cm³/mol. The molecular weight excluding hydrogens is 405 g/mol. The molecule has 0 amide bonds. The van der Waals surface area contributed by atoms with Crippen LogP contribution in [0, 0.1) is 6.92 Å². The third-order valence-electron chi connectivity index (χ3n) is 5.84. The SMILES string of the molecule is Cc1ccc([C@@H]2C3=C(C[C@H](c4ccccc4)CC3=O)Nc3nc(C(F)(F)F)nn32)cc1. The highest BCUT2D eigenvalue weighted by Crippen LogP contribution is 2.44. The maximum absolute atomic E-state index is 13.3. The van der Waals surface area contributed by atoms with E-state index in [0.717, 1.165) is 11.1 Å². The van der Waals surface area contributed by atoms with Crippen LogP contribution in [0.25, 0.3) is 0 Å². The third kappa shape index (κ3) is 3.41. The van der Waals surface area contributed by atoms with Gasteiger partial charge >= 0.3 is 6.18 Å². The summed E-state index contributed by atoms with van der Waals surface area (Å²) in [5.74, 6) is -1.37. The average Bonchev–Trinajstić information content (AvgIpc) is 3.18. The van der Waals surface area contributed by atoms with Gasteiger partial charge < -0.3 is 5.32 Å². The number of aryl methyl sites for hydroxylation is 1. The Labute approximate surface area is 176 Å². The zero-order valence-corrected chi connectivity index (χ0v) is 16.6. The number of nitrogens with zero attached hydrogens (tertiary/aromatic N) is 3. The summed E-state index contributed by atoms with van der Waals surface area (Å²) in [4.78, 5) is 17.0. The number of allylic oxidation sites excluding steroid dienone is 2. The number of ketones is 1. The van der Waals surface area contributed by atoms with Crippen molar-refractivity contribution in [1.29, 1.82) is 0 Å². The number of hydrogen-bond donors (Lipinski definition) is 1. The van der Waals surface area contributed by atoms with Crippen molar-refractivity contribution in [2.75, 3.05) is 5.32 Å². The molecule has 0 radical (unpaired) electrons. The van der Waals surface area contributed by atoms with Gasteiger partial charge in [0, 0.05) is 17.7 Å². The second-order valence-corrected chi connectivity index (χ2v) is 7.97. The number of anilines is 1. The maximum atomic E-state index is 13.3. The molecule has 0 bridgehead atoms. The Balaban J connectivity index is 1.63. The van der Waals surface area contributed by atoms with Gasteiger partial charge in [-0.25, -0.2) is 4.68 Å². The molecule has 0 unspecified atom stereocenters. The summed E-state index contributed by atoms with van der Waals surface area (Å²) < 4.78 is 41.2. The Hall–Kier alpha value is -3.42. The first-order valence-electron chi connectivity index (χ1n) is 10.00. The van der Waals surface area contributed by atoms with Crippen molar-refractivity contribution in [3.8, 4) is 0 Å². The van der Waals surface area contributed by atoms with E-state index in [0.29, 0.717) is 29.7 Å². The van der Waals surface area contributed by atoms with Crippen molar-refractivity contribution in [1.82, 2.24) is 14.8 Å². The first kappa shape index (κ1) is 19.5. The van der Waals surface area contributed by atoms with Crippen LogP contribution in [0.15, 0.2) is 65.9 Å². The molecular formula is C23H19F3N4O. The van der Waals surface area contributed by atoms with Crippen LogP contribution in [-0.2, 0) is 11.0 Å². The molecule has 31 heavy (non-hydrogen) atoms. The number of halogens is 3. The van der Waals surface area contributed by atoms with Gasteiger partial charge in [0.25, 0.3) is 5.82 Å². The highest BCUT2D eigenvalue weighted by Gasteiger charge is 2.43. The Bertz CT molecular complexity index is 1180. The number of alkyl halides is 3. The molecule has 1 aliphatic carbocycles. The van der Waals surface area contributed by atoms with Gasteiger partial charge in [-0.05, 0) is 30.4 Å². The number of rotatable bonds is 2. The molecule has 1 aliphatic heterocycles. The lowest BCUT2D eigenvalue weighted by atomic mass is 9.78.